The van der Waals surface area contributed by atoms with Crippen molar-refractivity contribution < 1.29 is 0 Å². The Morgan fingerprint density at radius 2 is 2.29 bits per heavy atom. The number of fused-ring (bicyclic) bond motifs is 1. The molecule has 0 saturated heterocycles. The minimum atomic E-state index is 0.723. The number of nitrogens with zero attached hydrogens (tertiary/aromatic N) is 4. The number of hydrogen-bond donors (Lipinski definition) is 1. The second-order valence-corrected chi connectivity index (χ2v) is 4.97. The summed E-state index contributed by atoms with van der Waals surface area (Å²) < 4.78 is 1.92. The second kappa shape index (κ2) is 4.14. The molecule has 0 fully saturated rings. The molecule has 0 atom stereocenters. The van der Waals surface area contributed by atoms with Gasteiger partial charge in [0.05, 0.1) is 11.6 Å². The van der Waals surface area contributed by atoms with Gasteiger partial charge in [-0.3, -0.25) is 4.40 Å². The minimum Gasteiger partial charge on any atom is -0.349 e. The van der Waals surface area contributed by atoms with Crippen molar-refractivity contribution in [3.8, 4) is 0 Å². The molecular weight excluding hydrogens is 234 g/mol. The Morgan fingerprint density at radius 1 is 1.35 bits per heavy atom. The topological polar surface area (TPSA) is 55.1 Å². The zero-order valence-corrected chi connectivity index (χ0v) is 10.1. The van der Waals surface area contributed by atoms with E-state index in [0.717, 1.165) is 23.1 Å². The van der Waals surface area contributed by atoms with Gasteiger partial charge in [0.15, 0.2) is 5.65 Å². The van der Waals surface area contributed by atoms with Crippen molar-refractivity contribution in [2.75, 3.05) is 5.32 Å². The second-order valence-electron chi connectivity index (χ2n) is 3.65. The number of aryl methyl sites for hydroxylation is 1. The van der Waals surface area contributed by atoms with E-state index < -0.39 is 0 Å². The summed E-state index contributed by atoms with van der Waals surface area (Å²) in [5.74, 6) is 0.756. The quantitative estimate of drug-likeness (QED) is 0.767. The third-order valence-corrected chi connectivity index (χ3v) is 3.32. The van der Waals surface area contributed by atoms with Crippen LogP contribution in [0.1, 0.15) is 9.88 Å². The molecule has 3 rings (SSSR count). The lowest BCUT2D eigenvalue weighted by molar-refractivity contribution is 1.04. The molecule has 17 heavy (non-hydrogen) atoms. The Kier molecular flexibility index (Phi) is 2.49. The predicted molar refractivity (Wildman–Crippen MR) is 67.2 cm³/mol. The average molecular weight is 245 g/mol. The van der Waals surface area contributed by atoms with Crippen molar-refractivity contribution in [2.45, 2.75) is 13.5 Å². The smallest absolute Gasteiger partial charge is 0.229 e. The van der Waals surface area contributed by atoms with E-state index in [1.165, 1.54) is 4.88 Å². The van der Waals surface area contributed by atoms with E-state index in [1.54, 1.807) is 11.3 Å². The third-order valence-electron chi connectivity index (χ3n) is 2.40. The number of nitrogens with one attached hydrogen (secondary N) is 1. The lowest BCUT2D eigenvalue weighted by atomic mass is 10.5. The molecule has 0 unspecified atom stereocenters. The first-order chi connectivity index (χ1) is 8.33. The van der Waals surface area contributed by atoms with E-state index in [9.17, 15) is 0 Å². The van der Waals surface area contributed by atoms with Crippen molar-refractivity contribution in [2.24, 2.45) is 0 Å². The standard InChI is InChI=1S/C11H11N5S/c1-8-12-6-9(17-8)7-13-11-15-14-10-4-2-3-5-16(10)11/h2-6H,7H2,1H3,(H,13,15). The fourth-order valence-electron chi connectivity index (χ4n) is 1.62. The molecule has 0 spiro atoms. The molecule has 3 heterocycles. The summed E-state index contributed by atoms with van der Waals surface area (Å²) in [4.78, 5) is 5.40. The number of pyridine rings is 1. The van der Waals surface area contributed by atoms with Crippen LogP contribution < -0.4 is 5.32 Å². The van der Waals surface area contributed by atoms with Gasteiger partial charge in [0, 0.05) is 17.3 Å². The zero-order chi connectivity index (χ0) is 11.7. The number of aromatic nitrogens is 4. The molecule has 3 aromatic rings. The normalized spacial score (nSPS) is 10.9. The van der Waals surface area contributed by atoms with E-state index in [1.807, 2.05) is 41.9 Å². The maximum absolute atomic E-state index is 4.21. The van der Waals surface area contributed by atoms with Gasteiger partial charge in [0.1, 0.15) is 0 Å². The first-order valence-electron chi connectivity index (χ1n) is 5.28. The number of rotatable bonds is 3. The molecule has 0 aliphatic carbocycles. The van der Waals surface area contributed by atoms with Crippen LogP contribution in [0.3, 0.4) is 0 Å². The van der Waals surface area contributed by atoms with Crippen LogP contribution >= 0.6 is 11.3 Å². The molecule has 0 aromatic carbocycles. The lowest BCUT2D eigenvalue weighted by Gasteiger charge is -2.01. The van der Waals surface area contributed by atoms with Crippen LogP contribution in [0.4, 0.5) is 5.95 Å². The van der Waals surface area contributed by atoms with E-state index in [-0.39, 0.29) is 0 Å². The summed E-state index contributed by atoms with van der Waals surface area (Å²) in [7, 11) is 0. The zero-order valence-electron chi connectivity index (χ0n) is 9.29. The van der Waals surface area contributed by atoms with Gasteiger partial charge in [-0.05, 0) is 19.1 Å². The van der Waals surface area contributed by atoms with Gasteiger partial charge in [0.2, 0.25) is 5.95 Å². The van der Waals surface area contributed by atoms with E-state index in [4.69, 9.17) is 0 Å². The monoisotopic (exact) mass is 245 g/mol. The van der Waals surface area contributed by atoms with Gasteiger partial charge in [-0.2, -0.15) is 0 Å². The van der Waals surface area contributed by atoms with Crippen LogP contribution in [-0.2, 0) is 6.54 Å². The average Bonchev–Trinajstić information content (AvgIpc) is 2.93. The van der Waals surface area contributed by atoms with E-state index in [0.29, 0.717) is 0 Å². The fourth-order valence-corrected chi connectivity index (χ4v) is 2.35. The minimum absolute atomic E-state index is 0.723. The molecule has 6 heteroatoms. The van der Waals surface area contributed by atoms with Crippen molar-refractivity contribution >= 4 is 22.9 Å². The van der Waals surface area contributed by atoms with E-state index >= 15 is 0 Å². The van der Waals surface area contributed by atoms with Gasteiger partial charge in [-0.15, -0.1) is 21.5 Å². The summed E-state index contributed by atoms with van der Waals surface area (Å²) >= 11 is 1.68. The van der Waals surface area contributed by atoms with Crippen molar-refractivity contribution in [3.05, 3.63) is 40.5 Å². The van der Waals surface area contributed by atoms with E-state index in [2.05, 4.69) is 20.5 Å². The molecule has 0 radical (unpaired) electrons. The van der Waals surface area contributed by atoms with Crippen LogP contribution in [0.5, 0.6) is 0 Å². The van der Waals surface area contributed by atoms with Crippen LogP contribution in [0.2, 0.25) is 0 Å². The van der Waals surface area contributed by atoms with Gasteiger partial charge in [-0.1, -0.05) is 6.07 Å². The Hall–Kier alpha value is -1.95. The van der Waals surface area contributed by atoms with Gasteiger partial charge in [-0.25, -0.2) is 4.98 Å². The fraction of sp³-hybridized carbons (Fsp3) is 0.182. The molecular formula is C11H11N5S. The Morgan fingerprint density at radius 3 is 3.12 bits per heavy atom. The molecule has 3 aromatic heterocycles. The SMILES string of the molecule is Cc1ncc(CNc2nnc3ccccn23)s1. The summed E-state index contributed by atoms with van der Waals surface area (Å²) in [5.41, 5.74) is 0.843. The molecule has 0 amide bonds. The third kappa shape index (κ3) is 1.99. The Labute approximate surface area is 102 Å². The highest BCUT2D eigenvalue weighted by molar-refractivity contribution is 7.11. The highest BCUT2D eigenvalue weighted by atomic mass is 32.1. The number of thiazole rings is 1. The molecule has 5 nitrogen and oxygen atoms in total. The molecule has 0 saturated carbocycles. The highest BCUT2D eigenvalue weighted by Gasteiger charge is 2.04. The van der Waals surface area contributed by atoms with Crippen LogP contribution in [0.15, 0.2) is 30.6 Å². The van der Waals surface area contributed by atoms with Crippen LogP contribution in [0.25, 0.3) is 5.65 Å². The van der Waals surface area contributed by atoms with Crippen LogP contribution in [0, 0.1) is 6.92 Å². The molecule has 1 N–H and O–H groups in total. The number of anilines is 1. The summed E-state index contributed by atoms with van der Waals surface area (Å²) in [6, 6.07) is 5.83. The Balaban J connectivity index is 1.81. The maximum Gasteiger partial charge on any atom is 0.229 e. The first kappa shape index (κ1) is 10.2. The molecule has 0 aliphatic rings. The maximum atomic E-state index is 4.21. The van der Waals surface area contributed by atoms with Crippen molar-refractivity contribution in [3.63, 3.8) is 0 Å². The predicted octanol–water partition coefficient (Wildman–Crippen LogP) is 2.11. The van der Waals surface area contributed by atoms with Crippen molar-refractivity contribution in [1.29, 1.82) is 0 Å². The molecule has 0 bridgehead atoms. The van der Waals surface area contributed by atoms with Gasteiger partial charge >= 0.3 is 0 Å². The Bertz CT molecular complexity index is 642. The van der Waals surface area contributed by atoms with Crippen molar-refractivity contribution in [1.82, 2.24) is 19.6 Å². The summed E-state index contributed by atoms with van der Waals surface area (Å²) in [6.07, 6.45) is 3.83. The summed E-state index contributed by atoms with van der Waals surface area (Å²) in [6.45, 7) is 2.72. The summed E-state index contributed by atoms with van der Waals surface area (Å²) in [5, 5.41) is 12.5. The van der Waals surface area contributed by atoms with Gasteiger partial charge < -0.3 is 5.32 Å². The van der Waals surface area contributed by atoms with Gasteiger partial charge in [0.25, 0.3) is 0 Å². The lowest BCUT2D eigenvalue weighted by Crippen LogP contribution is -2.01. The molecule has 0 aliphatic heterocycles. The largest absolute Gasteiger partial charge is 0.349 e. The number of hydrogen-bond acceptors (Lipinski definition) is 5. The molecule has 86 valence electrons. The highest BCUT2D eigenvalue weighted by Crippen LogP contribution is 2.14. The first-order valence-corrected chi connectivity index (χ1v) is 6.09. The van der Waals surface area contributed by atoms with Crippen LogP contribution in [-0.4, -0.2) is 19.6 Å².